The molecular weight excluding hydrogens is 234 g/mol. The maximum absolute atomic E-state index is 11.0. The molecule has 0 radical (unpaired) electrons. The molecule has 1 aromatic carbocycles. The topological polar surface area (TPSA) is 81.9 Å². The SMILES string of the molecule is COC(=O)CCNc1nnnn1-c1ccccc1. The Labute approximate surface area is 104 Å². The average Bonchev–Trinajstić information content (AvgIpc) is 2.88. The normalized spacial score (nSPS) is 10.1. The van der Waals surface area contributed by atoms with Crippen molar-refractivity contribution in [3.63, 3.8) is 0 Å². The monoisotopic (exact) mass is 247 g/mol. The van der Waals surface area contributed by atoms with Crippen LogP contribution >= 0.6 is 0 Å². The Bertz CT molecular complexity index is 511. The molecule has 0 aliphatic heterocycles. The van der Waals surface area contributed by atoms with Crippen molar-refractivity contribution < 1.29 is 9.53 Å². The number of methoxy groups -OCH3 is 1. The third kappa shape index (κ3) is 2.82. The number of ether oxygens (including phenoxy) is 1. The smallest absolute Gasteiger partial charge is 0.307 e. The van der Waals surface area contributed by atoms with E-state index in [1.807, 2.05) is 30.3 Å². The standard InChI is InChI=1S/C11H13N5O2/c1-18-10(17)7-8-12-11-13-14-15-16(11)9-5-3-2-4-6-9/h2-6H,7-8H2,1H3,(H,12,13,15). The summed E-state index contributed by atoms with van der Waals surface area (Å²) in [6.45, 7) is 0.417. The third-order valence-corrected chi connectivity index (χ3v) is 2.31. The van der Waals surface area contributed by atoms with E-state index in [0.717, 1.165) is 5.69 Å². The second-order valence-corrected chi connectivity index (χ2v) is 3.50. The number of rotatable bonds is 5. The third-order valence-electron chi connectivity index (χ3n) is 2.31. The molecule has 94 valence electrons. The zero-order chi connectivity index (χ0) is 12.8. The van der Waals surface area contributed by atoms with Crippen LogP contribution in [0.15, 0.2) is 30.3 Å². The van der Waals surface area contributed by atoms with Crippen molar-refractivity contribution in [2.24, 2.45) is 0 Å². The number of hydrogen-bond donors (Lipinski definition) is 1. The van der Waals surface area contributed by atoms with Gasteiger partial charge >= 0.3 is 5.97 Å². The van der Waals surface area contributed by atoms with Crippen LogP contribution in [-0.4, -0.2) is 39.8 Å². The van der Waals surface area contributed by atoms with E-state index in [9.17, 15) is 4.79 Å². The first-order valence-corrected chi connectivity index (χ1v) is 5.46. The molecule has 0 amide bonds. The Hall–Kier alpha value is -2.44. The van der Waals surface area contributed by atoms with Crippen molar-refractivity contribution in [3.05, 3.63) is 30.3 Å². The van der Waals surface area contributed by atoms with E-state index >= 15 is 0 Å². The summed E-state index contributed by atoms with van der Waals surface area (Å²) >= 11 is 0. The summed E-state index contributed by atoms with van der Waals surface area (Å²) in [5.41, 5.74) is 0.850. The first-order valence-electron chi connectivity index (χ1n) is 5.46. The van der Waals surface area contributed by atoms with Crippen molar-refractivity contribution in [1.82, 2.24) is 20.2 Å². The number of esters is 1. The number of nitrogens with one attached hydrogen (secondary N) is 1. The molecule has 1 aromatic heterocycles. The molecule has 1 N–H and O–H groups in total. The molecule has 7 heteroatoms. The lowest BCUT2D eigenvalue weighted by molar-refractivity contribution is -0.140. The molecule has 2 rings (SSSR count). The number of benzene rings is 1. The Morgan fingerprint density at radius 2 is 2.17 bits per heavy atom. The van der Waals surface area contributed by atoms with Crippen molar-refractivity contribution in [2.45, 2.75) is 6.42 Å². The number of hydrogen-bond acceptors (Lipinski definition) is 6. The van der Waals surface area contributed by atoms with Gasteiger partial charge in [-0.25, -0.2) is 0 Å². The first kappa shape index (κ1) is 12.0. The van der Waals surface area contributed by atoms with Gasteiger partial charge in [-0.05, 0) is 22.6 Å². The van der Waals surface area contributed by atoms with Crippen molar-refractivity contribution in [2.75, 3.05) is 19.0 Å². The summed E-state index contributed by atoms with van der Waals surface area (Å²) < 4.78 is 6.11. The number of nitrogens with zero attached hydrogens (tertiary/aromatic N) is 4. The summed E-state index contributed by atoms with van der Waals surface area (Å²) in [4.78, 5) is 11.0. The molecular formula is C11H13N5O2. The van der Waals surface area contributed by atoms with Gasteiger partial charge in [0.05, 0.1) is 19.2 Å². The molecule has 0 aliphatic rings. The molecule has 0 saturated carbocycles. The number of aromatic nitrogens is 4. The maximum Gasteiger partial charge on any atom is 0.307 e. The van der Waals surface area contributed by atoms with Gasteiger partial charge in [0, 0.05) is 6.54 Å². The van der Waals surface area contributed by atoms with E-state index in [2.05, 4.69) is 25.6 Å². The molecule has 0 atom stereocenters. The zero-order valence-electron chi connectivity index (χ0n) is 9.91. The molecule has 2 aromatic rings. The fourth-order valence-electron chi connectivity index (χ4n) is 1.42. The second kappa shape index (κ2) is 5.76. The average molecular weight is 247 g/mol. The molecule has 7 nitrogen and oxygen atoms in total. The Balaban J connectivity index is 2.03. The predicted molar refractivity (Wildman–Crippen MR) is 64.3 cm³/mol. The zero-order valence-corrected chi connectivity index (χ0v) is 9.91. The van der Waals surface area contributed by atoms with Gasteiger partial charge < -0.3 is 10.1 Å². The minimum Gasteiger partial charge on any atom is -0.469 e. The van der Waals surface area contributed by atoms with E-state index in [4.69, 9.17) is 0 Å². The highest BCUT2D eigenvalue weighted by atomic mass is 16.5. The van der Waals surface area contributed by atoms with Gasteiger partial charge in [-0.3, -0.25) is 4.79 Å². The molecule has 0 spiro atoms. The molecule has 0 saturated heterocycles. The molecule has 0 unspecified atom stereocenters. The molecule has 18 heavy (non-hydrogen) atoms. The van der Waals surface area contributed by atoms with Gasteiger partial charge in [-0.15, -0.1) is 0 Å². The largest absolute Gasteiger partial charge is 0.469 e. The molecule has 0 aliphatic carbocycles. The van der Waals surface area contributed by atoms with Gasteiger partial charge in [-0.2, -0.15) is 4.68 Å². The van der Waals surface area contributed by atoms with E-state index in [1.165, 1.54) is 7.11 Å². The summed E-state index contributed by atoms with van der Waals surface area (Å²) in [5.74, 6) is 0.214. The highest BCUT2D eigenvalue weighted by Gasteiger charge is 2.07. The number of para-hydroxylation sites is 1. The summed E-state index contributed by atoms with van der Waals surface area (Å²) in [6, 6.07) is 9.49. The highest BCUT2D eigenvalue weighted by Crippen LogP contribution is 2.10. The van der Waals surface area contributed by atoms with Gasteiger partial charge in [0.15, 0.2) is 0 Å². The van der Waals surface area contributed by atoms with E-state index < -0.39 is 0 Å². The van der Waals surface area contributed by atoms with Gasteiger partial charge in [0.2, 0.25) is 5.95 Å². The van der Waals surface area contributed by atoms with E-state index in [-0.39, 0.29) is 12.4 Å². The highest BCUT2D eigenvalue weighted by molar-refractivity contribution is 5.69. The maximum atomic E-state index is 11.0. The van der Waals surface area contributed by atoms with Crippen molar-refractivity contribution in [1.29, 1.82) is 0 Å². The van der Waals surface area contributed by atoms with Gasteiger partial charge in [0.25, 0.3) is 0 Å². The summed E-state index contributed by atoms with van der Waals surface area (Å²) in [6.07, 6.45) is 0.262. The minimum absolute atomic E-state index is 0.262. The Morgan fingerprint density at radius 3 is 2.89 bits per heavy atom. The lowest BCUT2D eigenvalue weighted by Gasteiger charge is -2.05. The summed E-state index contributed by atoms with van der Waals surface area (Å²) in [7, 11) is 1.36. The first-order chi connectivity index (χ1) is 8.81. The van der Waals surface area contributed by atoms with Gasteiger partial charge in [-0.1, -0.05) is 23.3 Å². The summed E-state index contributed by atoms with van der Waals surface area (Å²) in [5, 5.41) is 14.3. The predicted octanol–water partition coefficient (Wildman–Crippen LogP) is 0.637. The lowest BCUT2D eigenvalue weighted by Crippen LogP contribution is -2.13. The van der Waals surface area contributed by atoms with Crippen LogP contribution in [0.3, 0.4) is 0 Å². The minimum atomic E-state index is -0.277. The fraction of sp³-hybridized carbons (Fsp3) is 0.273. The molecule has 1 heterocycles. The van der Waals surface area contributed by atoms with Crippen LogP contribution in [0.25, 0.3) is 5.69 Å². The quantitative estimate of drug-likeness (QED) is 0.781. The van der Waals surface area contributed by atoms with E-state index in [0.29, 0.717) is 12.5 Å². The van der Waals surface area contributed by atoms with Crippen LogP contribution in [0.1, 0.15) is 6.42 Å². The van der Waals surface area contributed by atoms with Crippen LogP contribution in [0, 0.1) is 0 Å². The number of anilines is 1. The van der Waals surface area contributed by atoms with Crippen LogP contribution in [0.4, 0.5) is 5.95 Å². The lowest BCUT2D eigenvalue weighted by atomic mass is 10.3. The van der Waals surface area contributed by atoms with Crippen molar-refractivity contribution in [3.8, 4) is 5.69 Å². The van der Waals surface area contributed by atoms with Crippen molar-refractivity contribution >= 4 is 11.9 Å². The number of carbonyl (C=O) groups is 1. The fourth-order valence-corrected chi connectivity index (χ4v) is 1.42. The van der Waals surface area contributed by atoms with Crippen LogP contribution in [0.2, 0.25) is 0 Å². The van der Waals surface area contributed by atoms with Crippen LogP contribution < -0.4 is 5.32 Å². The van der Waals surface area contributed by atoms with E-state index in [1.54, 1.807) is 4.68 Å². The molecule has 0 fully saturated rings. The van der Waals surface area contributed by atoms with Crippen LogP contribution in [-0.2, 0) is 9.53 Å². The van der Waals surface area contributed by atoms with Gasteiger partial charge in [0.1, 0.15) is 0 Å². The number of tetrazole rings is 1. The van der Waals surface area contributed by atoms with Crippen LogP contribution in [0.5, 0.6) is 0 Å². The second-order valence-electron chi connectivity index (χ2n) is 3.50. The number of carbonyl (C=O) groups excluding carboxylic acids is 1. The Kier molecular flexibility index (Phi) is 3.85. The Morgan fingerprint density at radius 1 is 1.39 bits per heavy atom. The molecule has 0 bridgehead atoms.